The third-order valence-corrected chi connectivity index (χ3v) is 15.3. The van der Waals surface area contributed by atoms with E-state index in [4.69, 9.17) is 23.0 Å². The number of amides is 4. The average molecular weight is 1520 g/mol. The summed E-state index contributed by atoms with van der Waals surface area (Å²) in [6, 6.07) is 46.4. The van der Waals surface area contributed by atoms with Crippen LogP contribution in [-0.2, 0) is 9.47 Å². The zero-order valence-corrected chi connectivity index (χ0v) is 58.3. The van der Waals surface area contributed by atoms with Crippen LogP contribution < -0.4 is 16.4 Å². The molecule has 0 aliphatic carbocycles. The van der Waals surface area contributed by atoms with E-state index in [-0.39, 0.29) is 106 Å². The first-order valence-electron chi connectivity index (χ1n) is 30.9. The van der Waals surface area contributed by atoms with Gasteiger partial charge in [-0.1, -0.05) is 51.3 Å². The number of aromatic nitrogens is 6. The first-order chi connectivity index (χ1) is 43.3. The van der Waals surface area contributed by atoms with Crippen LogP contribution in [0.15, 0.2) is 146 Å². The van der Waals surface area contributed by atoms with Crippen LogP contribution in [-0.4, -0.2) is 165 Å². The summed E-state index contributed by atoms with van der Waals surface area (Å²) in [5, 5.41) is 15.3. The molecule has 1 radical (unpaired) electrons. The van der Waals surface area contributed by atoms with Crippen LogP contribution in [0.1, 0.15) is 124 Å². The molecule has 93 heavy (non-hydrogen) atoms. The Labute approximate surface area is 581 Å². The number of fused-ring (bicyclic) bond motifs is 3. The van der Waals surface area contributed by atoms with Crippen molar-refractivity contribution >= 4 is 83.8 Å². The van der Waals surface area contributed by atoms with Gasteiger partial charge >= 0.3 is 18.2 Å². The van der Waals surface area contributed by atoms with Crippen molar-refractivity contribution in [2.45, 2.75) is 126 Å². The first kappa shape index (κ1) is 74.1. The number of hydrogen-bond acceptors (Lipinski definition) is 12. The Bertz CT molecular complexity index is 3980. The van der Waals surface area contributed by atoms with Crippen LogP contribution in [0.2, 0.25) is 0 Å². The third kappa shape index (κ3) is 19.5. The summed E-state index contributed by atoms with van der Waals surface area (Å²) in [6.07, 6.45) is 2.01. The number of benzene rings is 6. The number of hydrogen-bond donors (Lipinski definition) is 4. The van der Waals surface area contributed by atoms with Gasteiger partial charge in [0.1, 0.15) is 28.7 Å². The topological polar surface area (TPSA) is 237 Å². The Balaban J connectivity index is 0.000000272. The van der Waals surface area contributed by atoms with Crippen LogP contribution in [0.5, 0.6) is 0 Å². The number of ether oxygens (including phenoxy) is 2. The fraction of sp³-hybridized carbons (Fsp3) is 0.371. The second-order valence-electron chi connectivity index (χ2n) is 24.3. The molecule has 0 spiro atoms. The molecular formula is C70H91BClN12O8U. The van der Waals surface area contributed by atoms with E-state index in [1.807, 2.05) is 194 Å². The fourth-order valence-electron chi connectivity index (χ4n) is 10.9. The predicted molar refractivity (Wildman–Crippen MR) is 371 cm³/mol. The maximum Gasteiger partial charge on any atom is 0.410 e. The van der Waals surface area contributed by atoms with Gasteiger partial charge in [0.25, 0.3) is 11.8 Å². The Morgan fingerprint density at radius 2 is 0.978 bits per heavy atom. The SMILES string of the molecule is C.C.CC(C)(C)OC(=O)N1CC[C@H](N)C1.Cc1nc2ccccc2n1-c1ccc(C(=O)N(C)[C@H]2CCNC2)cc1.Cc1nc2ccccc2n1-c1ccc(C(=O)N[C@H]2CCN(C(=O)OC(C)(C)C)C2)cc1.Cc1nc2ccccc2n1-c1ccc(C(=O)O)cc1.Cl.[3H][B][3H].[U]. The molecule has 3 aliphatic heterocycles. The molecule has 0 saturated carbocycles. The molecule has 9 aromatic rings. The molecular weight excluding hydrogens is 1420 g/mol. The van der Waals surface area contributed by atoms with Crippen molar-refractivity contribution in [3.8, 4) is 17.1 Å². The van der Waals surface area contributed by atoms with Gasteiger partial charge in [-0.05, 0) is 200 Å². The van der Waals surface area contributed by atoms with Gasteiger partial charge in [-0.2, -0.15) is 0 Å². The van der Waals surface area contributed by atoms with Crippen LogP contribution in [0.3, 0.4) is 0 Å². The number of likely N-dealkylation sites (tertiary alicyclic amines) is 2. The molecule has 3 aromatic heterocycles. The van der Waals surface area contributed by atoms with Crippen LogP contribution >= 0.6 is 12.4 Å². The second-order valence-corrected chi connectivity index (χ2v) is 24.3. The Kier molecular flexibility index (Phi) is 26.9. The van der Waals surface area contributed by atoms with Gasteiger partial charge in [-0.25, -0.2) is 29.3 Å². The van der Waals surface area contributed by atoms with Gasteiger partial charge in [0.05, 0.1) is 47.0 Å². The summed E-state index contributed by atoms with van der Waals surface area (Å²) < 4.78 is 28.3. The maximum atomic E-state index is 12.7. The molecule has 0 unspecified atom stereocenters. The number of halogens is 1. The normalized spacial score (nSPS) is 15.8. The number of carboxylic acid groups (broad SMARTS) is 1. The van der Waals surface area contributed by atoms with E-state index in [9.17, 15) is 24.0 Å². The van der Waals surface area contributed by atoms with Crippen molar-refractivity contribution < 1.29 is 69.7 Å². The molecule has 3 saturated heterocycles. The molecule has 6 aromatic carbocycles. The number of imidazole rings is 3. The quantitative estimate of drug-likeness (QED) is 0.104. The largest absolute Gasteiger partial charge is 0.478 e. The maximum absolute atomic E-state index is 12.7. The van der Waals surface area contributed by atoms with Gasteiger partial charge in [-0.3, -0.25) is 23.3 Å². The van der Waals surface area contributed by atoms with E-state index in [0.717, 1.165) is 106 Å². The molecule has 3 aliphatic rings. The summed E-state index contributed by atoms with van der Waals surface area (Å²) in [5.41, 5.74) is 15.2. The molecule has 23 heteroatoms. The summed E-state index contributed by atoms with van der Waals surface area (Å²) in [7, 11) is 2.39. The number of carbonyl (C=O) groups is 5. The molecule has 493 valence electrons. The van der Waals surface area contributed by atoms with Crippen LogP contribution in [0, 0.1) is 51.9 Å². The predicted octanol–water partition coefficient (Wildman–Crippen LogP) is 11.6. The van der Waals surface area contributed by atoms with E-state index in [1.165, 1.54) is 0 Å². The van der Waals surface area contributed by atoms with Crippen LogP contribution in [0.25, 0.3) is 50.2 Å². The molecule has 6 heterocycles. The number of carboxylic acids is 1. The van der Waals surface area contributed by atoms with Gasteiger partial charge in [-0.15, -0.1) is 12.4 Å². The van der Waals surface area contributed by atoms with E-state index < -0.39 is 17.2 Å². The summed E-state index contributed by atoms with van der Waals surface area (Å²) in [6.45, 7) is 21.3. The number of nitrogens with zero attached hydrogens (tertiary/aromatic N) is 9. The second kappa shape index (κ2) is 33.7. The van der Waals surface area contributed by atoms with Crippen molar-refractivity contribution in [2.75, 3.05) is 46.3 Å². The number of likely N-dealkylation sites (N-methyl/N-ethyl adjacent to an activating group) is 1. The monoisotopic (exact) mass is 1520 g/mol. The minimum atomic E-state index is -0.918. The molecule has 3 atom stereocenters. The number of aromatic carboxylic acids is 1. The van der Waals surface area contributed by atoms with Crippen molar-refractivity contribution in [3.05, 3.63) is 180 Å². The van der Waals surface area contributed by atoms with E-state index >= 15 is 0 Å². The molecule has 0 bridgehead atoms. The van der Waals surface area contributed by atoms with E-state index in [0.29, 0.717) is 40.0 Å². The van der Waals surface area contributed by atoms with Crippen molar-refractivity contribution in [3.63, 3.8) is 0 Å². The zero-order valence-electron chi connectivity index (χ0n) is 55.3. The number of aryl methyl sites for hydroxylation is 3. The zero-order chi connectivity index (χ0) is 65.7. The number of rotatable bonds is 8. The summed E-state index contributed by atoms with van der Waals surface area (Å²) in [5.74, 6) is 1.73. The third-order valence-electron chi connectivity index (χ3n) is 15.3. The Hall–Kier alpha value is -7.99. The Morgan fingerprint density at radius 3 is 1.34 bits per heavy atom. The number of nitrogens with one attached hydrogen (secondary N) is 2. The Morgan fingerprint density at radius 1 is 0.602 bits per heavy atom. The summed E-state index contributed by atoms with van der Waals surface area (Å²) in [4.78, 5) is 78.8. The molecule has 3 fully saturated rings. The average Bonchev–Trinajstić information content (AvgIpc) is 1.67. The summed E-state index contributed by atoms with van der Waals surface area (Å²) >= 11 is 0. The molecule has 12 rings (SSSR count). The van der Waals surface area contributed by atoms with Gasteiger partial charge in [0, 0.05) is 117 Å². The number of para-hydroxylation sites is 6. The number of carbonyl (C=O) groups excluding carboxylic acids is 4. The van der Waals surface area contributed by atoms with Crippen molar-refractivity contribution in [2.24, 2.45) is 5.73 Å². The smallest absolute Gasteiger partial charge is 0.410 e. The molecule has 20 nitrogen and oxygen atoms in total. The van der Waals surface area contributed by atoms with E-state index in [1.54, 1.807) is 34.1 Å². The molecule has 5 N–H and O–H groups in total. The number of nitrogens with two attached hydrogens (primary N) is 1. The minimum Gasteiger partial charge on any atom is -0.478 e. The van der Waals surface area contributed by atoms with Gasteiger partial charge in [0.2, 0.25) is 0 Å². The van der Waals surface area contributed by atoms with Crippen molar-refractivity contribution in [1.82, 2.24) is 54.0 Å². The van der Waals surface area contributed by atoms with Gasteiger partial charge < -0.3 is 45.6 Å². The first-order valence-corrected chi connectivity index (χ1v) is 29.8. The standard InChI is InChI=1S/C24H28N4O3.C20H22N4O.C15H12N2O2.C9H18N2O2.2CH4.BH2.ClH.U/c1-16-25-20-7-5-6-8-21(20)28(16)19-11-9-17(10-12-19)22(29)26-18-13-14-27(15-18)23(30)31-24(2,3)4;1-14-22-18-5-3-4-6-19(18)24(14)16-9-7-15(8-10-16)20(25)23(2)17-11-12-21-13-17;1-10-16-13-4-2-3-5-14(13)17(10)12-8-6-11(7-9-12)15(18)19;1-9(2,3)13-8(12)11-5-4-7(10)6-11;;;;;/h5-12,18H,13-15H2,1-4H3,(H,26,29);3-10,17,21H,11-13H2,1-2H3;2-9H,1H3,(H,18,19);7H,4-6,10H2,1-3H3;2*1H4;1H2;1H;/t18-;17-;;7-;;;;;/m00.0...../s1/i;;;;;;1T2;;. The molecule has 4 amide bonds. The fourth-order valence-corrected chi connectivity index (χ4v) is 10.9. The van der Waals surface area contributed by atoms with Crippen LogP contribution in [0.4, 0.5) is 9.59 Å². The van der Waals surface area contributed by atoms with E-state index in [2.05, 4.69) is 40.8 Å². The minimum absolute atomic E-state index is 0. The van der Waals surface area contributed by atoms with Gasteiger partial charge in [0.15, 0.2) is 0 Å². The van der Waals surface area contributed by atoms with Crippen molar-refractivity contribution in [1.29, 1.82) is 2.67 Å².